The quantitative estimate of drug-likeness (QED) is 0.740. The van der Waals surface area contributed by atoms with Crippen molar-refractivity contribution in [1.29, 1.82) is 0 Å². The normalized spacial score (nSPS) is 21.1. The first-order chi connectivity index (χ1) is 11.1. The van der Waals surface area contributed by atoms with Gasteiger partial charge in [0.25, 0.3) is 0 Å². The Balaban J connectivity index is 1.71. The molecule has 0 bridgehead atoms. The smallest absolute Gasteiger partial charge is 0.230 e. The van der Waals surface area contributed by atoms with Crippen molar-refractivity contribution in [3.05, 3.63) is 0 Å². The average molecular weight is 325 g/mol. The zero-order valence-electron chi connectivity index (χ0n) is 15.1. The number of likely N-dealkylation sites (tertiary alicyclic amines) is 2. The van der Waals surface area contributed by atoms with Crippen LogP contribution in [0.4, 0.5) is 0 Å². The predicted octanol–water partition coefficient (Wildman–Crippen LogP) is 1.85. The van der Waals surface area contributed by atoms with Crippen LogP contribution in [0.5, 0.6) is 0 Å². The maximum Gasteiger partial charge on any atom is 0.230 e. The molecule has 2 N–H and O–H groups in total. The van der Waals surface area contributed by atoms with E-state index in [1.807, 2.05) is 4.90 Å². The Bertz CT molecular complexity index is 349. The van der Waals surface area contributed by atoms with E-state index in [4.69, 9.17) is 10.5 Å². The van der Waals surface area contributed by atoms with E-state index in [2.05, 4.69) is 18.7 Å². The van der Waals surface area contributed by atoms with E-state index in [1.165, 1.54) is 25.9 Å². The third-order valence-electron chi connectivity index (χ3n) is 5.89. The van der Waals surface area contributed by atoms with Crippen LogP contribution in [0.3, 0.4) is 0 Å². The number of nitrogens with zero attached hydrogens (tertiary/aromatic N) is 2. The lowest BCUT2D eigenvalue weighted by atomic mass is 9.80. The summed E-state index contributed by atoms with van der Waals surface area (Å²) in [5.74, 6) is 0.250. The van der Waals surface area contributed by atoms with Crippen LogP contribution in [0.25, 0.3) is 0 Å². The number of carbonyl (C=O) groups is 1. The number of hydrogen-bond donors (Lipinski definition) is 1. The van der Waals surface area contributed by atoms with E-state index < -0.39 is 0 Å². The van der Waals surface area contributed by atoms with Crippen LogP contribution in [0.1, 0.15) is 52.4 Å². The van der Waals surface area contributed by atoms with Gasteiger partial charge in [-0.2, -0.15) is 0 Å². The summed E-state index contributed by atoms with van der Waals surface area (Å²) in [6.45, 7) is 10.6. The monoisotopic (exact) mass is 325 g/mol. The number of amides is 1. The van der Waals surface area contributed by atoms with Crippen molar-refractivity contribution in [3.8, 4) is 0 Å². The molecule has 0 radical (unpaired) electrons. The van der Waals surface area contributed by atoms with Crippen LogP contribution in [0.15, 0.2) is 0 Å². The van der Waals surface area contributed by atoms with Crippen molar-refractivity contribution in [1.82, 2.24) is 9.80 Å². The highest BCUT2D eigenvalue weighted by atomic mass is 16.5. The van der Waals surface area contributed by atoms with Gasteiger partial charge in [-0.05, 0) is 51.6 Å². The molecule has 134 valence electrons. The zero-order valence-corrected chi connectivity index (χ0v) is 15.1. The van der Waals surface area contributed by atoms with E-state index in [0.717, 1.165) is 51.9 Å². The molecule has 23 heavy (non-hydrogen) atoms. The van der Waals surface area contributed by atoms with Crippen LogP contribution in [0, 0.1) is 5.41 Å². The second-order valence-corrected chi connectivity index (χ2v) is 7.10. The molecule has 0 aliphatic carbocycles. The lowest BCUT2D eigenvalue weighted by Crippen LogP contribution is -2.51. The molecule has 5 heteroatoms. The number of hydrogen-bond acceptors (Lipinski definition) is 4. The second-order valence-electron chi connectivity index (χ2n) is 7.10. The third kappa shape index (κ3) is 4.68. The summed E-state index contributed by atoms with van der Waals surface area (Å²) in [6, 6.07) is 0. The van der Waals surface area contributed by atoms with Crippen molar-refractivity contribution in [2.45, 2.75) is 58.5 Å². The number of ether oxygens (including phenoxy) is 1. The molecule has 0 aromatic carbocycles. The molecule has 1 amide bonds. The van der Waals surface area contributed by atoms with Gasteiger partial charge in [-0.25, -0.2) is 0 Å². The highest BCUT2D eigenvalue weighted by molar-refractivity contribution is 5.83. The molecule has 5 nitrogen and oxygen atoms in total. The summed E-state index contributed by atoms with van der Waals surface area (Å²) in [7, 11) is 0. The van der Waals surface area contributed by atoms with Crippen molar-refractivity contribution in [2.24, 2.45) is 11.1 Å². The molecule has 0 spiro atoms. The fraction of sp³-hybridized carbons (Fsp3) is 0.944. The van der Waals surface area contributed by atoms with Gasteiger partial charge >= 0.3 is 0 Å². The van der Waals surface area contributed by atoms with Crippen molar-refractivity contribution < 1.29 is 9.53 Å². The van der Waals surface area contributed by atoms with Crippen molar-refractivity contribution in [2.75, 3.05) is 45.9 Å². The first-order valence-corrected chi connectivity index (χ1v) is 9.48. The Morgan fingerprint density at radius 2 is 1.74 bits per heavy atom. The van der Waals surface area contributed by atoms with Gasteiger partial charge < -0.3 is 20.3 Å². The zero-order chi connectivity index (χ0) is 16.7. The Morgan fingerprint density at radius 3 is 2.26 bits per heavy atom. The second kappa shape index (κ2) is 9.00. The van der Waals surface area contributed by atoms with Crippen LogP contribution >= 0.6 is 0 Å². The van der Waals surface area contributed by atoms with Gasteiger partial charge in [0.2, 0.25) is 5.91 Å². The molecule has 0 unspecified atom stereocenters. The molecule has 0 aromatic heterocycles. The molecule has 2 heterocycles. The third-order valence-corrected chi connectivity index (χ3v) is 5.89. The molecule has 0 aromatic rings. The molecule has 2 aliphatic heterocycles. The molecular weight excluding hydrogens is 290 g/mol. The van der Waals surface area contributed by atoms with Crippen molar-refractivity contribution in [3.63, 3.8) is 0 Å². The van der Waals surface area contributed by atoms with Gasteiger partial charge in [-0.15, -0.1) is 0 Å². The maximum atomic E-state index is 12.8. The number of rotatable bonds is 8. The Morgan fingerprint density at radius 1 is 1.13 bits per heavy atom. The van der Waals surface area contributed by atoms with E-state index in [1.54, 1.807) is 0 Å². The summed E-state index contributed by atoms with van der Waals surface area (Å²) in [4.78, 5) is 17.3. The van der Waals surface area contributed by atoms with Gasteiger partial charge in [0, 0.05) is 26.2 Å². The minimum atomic E-state index is -0.358. The number of piperidine rings is 1. The van der Waals surface area contributed by atoms with E-state index in [-0.39, 0.29) is 11.3 Å². The van der Waals surface area contributed by atoms with Gasteiger partial charge in [0.15, 0.2) is 0 Å². The summed E-state index contributed by atoms with van der Waals surface area (Å²) < 4.78 is 6.03. The van der Waals surface area contributed by atoms with Crippen LogP contribution in [-0.4, -0.2) is 67.7 Å². The minimum absolute atomic E-state index is 0.250. The molecule has 2 rings (SSSR count). The van der Waals surface area contributed by atoms with E-state index in [9.17, 15) is 4.79 Å². The lowest BCUT2D eigenvalue weighted by molar-refractivity contribution is -0.145. The first-order valence-electron chi connectivity index (χ1n) is 9.48. The van der Waals surface area contributed by atoms with Gasteiger partial charge in [0.1, 0.15) is 0 Å². The summed E-state index contributed by atoms with van der Waals surface area (Å²) >= 11 is 0. The fourth-order valence-electron chi connectivity index (χ4n) is 3.84. The SMILES string of the molecule is CCC(CC)(CN)C(=O)N1CCC(OCCN2CCCC2)CC1. The first kappa shape index (κ1) is 18.7. The average Bonchev–Trinajstić information content (AvgIpc) is 3.11. The van der Waals surface area contributed by atoms with E-state index >= 15 is 0 Å². The summed E-state index contributed by atoms with van der Waals surface area (Å²) in [6.07, 6.45) is 6.55. The van der Waals surface area contributed by atoms with Crippen LogP contribution in [-0.2, 0) is 9.53 Å². The summed E-state index contributed by atoms with van der Waals surface area (Å²) in [5, 5.41) is 0. The highest BCUT2D eigenvalue weighted by Gasteiger charge is 2.38. The largest absolute Gasteiger partial charge is 0.377 e. The Hall–Kier alpha value is -0.650. The van der Waals surface area contributed by atoms with E-state index in [0.29, 0.717) is 12.6 Å². The summed E-state index contributed by atoms with van der Waals surface area (Å²) in [5.41, 5.74) is 5.55. The highest BCUT2D eigenvalue weighted by Crippen LogP contribution is 2.29. The van der Waals surface area contributed by atoms with Gasteiger partial charge in [-0.1, -0.05) is 13.8 Å². The van der Waals surface area contributed by atoms with Crippen LogP contribution in [0.2, 0.25) is 0 Å². The molecule has 2 saturated heterocycles. The number of nitrogens with two attached hydrogens (primary N) is 1. The molecule has 2 aliphatic rings. The number of carbonyl (C=O) groups excluding carboxylic acids is 1. The van der Waals surface area contributed by atoms with Crippen LogP contribution < -0.4 is 5.73 Å². The molecule has 0 atom stereocenters. The predicted molar refractivity (Wildman–Crippen MR) is 93.3 cm³/mol. The lowest BCUT2D eigenvalue weighted by Gasteiger charge is -2.39. The standard InChI is InChI=1S/C18H35N3O2/c1-3-18(4-2,15-19)17(22)21-11-7-16(8-12-21)23-14-13-20-9-5-6-10-20/h16H,3-15,19H2,1-2H3. The van der Waals surface area contributed by atoms with Gasteiger partial charge in [0.05, 0.1) is 18.1 Å². The Labute approximate surface area is 141 Å². The molecular formula is C18H35N3O2. The maximum absolute atomic E-state index is 12.8. The fourth-order valence-corrected chi connectivity index (χ4v) is 3.84. The molecule has 2 fully saturated rings. The Kier molecular flexibility index (Phi) is 7.31. The van der Waals surface area contributed by atoms with Gasteiger partial charge in [-0.3, -0.25) is 4.79 Å². The topological polar surface area (TPSA) is 58.8 Å². The minimum Gasteiger partial charge on any atom is -0.377 e. The van der Waals surface area contributed by atoms with Crippen molar-refractivity contribution >= 4 is 5.91 Å². The molecule has 0 saturated carbocycles.